The summed E-state index contributed by atoms with van der Waals surface area (Å²) in [6, 6.07) is 0. The minimum absolute atomic E-state index is 0.0352. The number of hydrogen-bond donors (Lipinski definition) is 3. The molecule has 0 saturated carbocycles. The molecule has 0 unspecified atom stereocenters. The second-order valence-corrected chi connectivity index (χ2v) is 5.30. The van der Waals surface area contributed by atoms with Crippen LogP contribution in [-0.2, 0) is 17.8 Å². The Labute approximate surface area is 135 Å². The number of allylic oxidation sites excluding steroid dienone is 2. The summed E-state index contributed by atoms with van der Waals surface area (Å²) in [5, 5.41) is 28.4. The molecular weight excluding hydrogens is 300 g/mol. The molecule has 0 radical (unpaired) electrons. The topological polar surface area (TPSA) is 104 Å². The van der Waals surface area contributed by atoms with Crippen molar-refractivity contribution in [3.05, 3.63) is 33.9 Å². The number of carboxylic acid groups (broad SMARTS) is 1. The maximum absolute atomic E-state index is 11.2. The molecule has 0 fully saturated rings. The molecule has 0 aliphatic heterocycles. The summed E-state index contributed by atoms with van der Waals surface area (Å²) >= 11 is 0. The molecule has 1 aromatic rings. The molecule has 6 heteroatoms. The average molecular weight is 322 g/mol. The Kier molecular flexibility index (Phi) is 6.78. The molecule has 6 nitrogen and oxygen atoms in total. The number of benzene rings is 1. The molecule has 0 spiro atoms. The number of rotatable bonds is 8. The van der Waals surface area contributed by atoms with Crippen LogP contribution in [0.1, 0.15) is 46.8 Å². The smallest absolute Gasteiger partial charge is 0.303 e. The van der Waals surface area contributed by atoms with Gasteiger partial charge in [0.1, 0.15) is 11.5 Å². The van der Waals surface area contributed by atoms with E-state index in [9.17, 15) is 19.8 Å². The van der Waals surface area contributed by atoms with Gasteiger partial charge in [-0.2, -0.15) is 0 Å². The normalized spacial score (nSPS) is 11.4. The van der Waals surface area contributed by atoms with Crippen LogP contribution in [0.25, 0.3) is 0 Å². The number of aldehydes is 1. The van der Waals surface area contributed by atoms with Crippen molar-refractivity contribution in [2.75, 3.05) is 7.11 Å². The Morgan fingerprint density at radius 2 is 1.91 bits per heavy atom. The fourth-order valence-corrected chi connectivity index (χ4v) is 2.46. The molecule has 0 heterocycles. The van der Waals surface area contributed by atoms with Gasteiger partial charge in [-0.3, -0.25) is 9.59 Å². The van der Waals surface area contributed by atoms with Gasteiger partial charge in [-0.1, -0.05) is 11.6 Å². The molecule has 0 aromatic heterocycles. The van der Waals surface area contributed by atoms with Crippen molar-refractivity contribution in [2.24, 2.45) is 0 Å². The first kappa shape index (κ1) is 18.7. The standard InChI is InChI=1S/C17H22O6/c1-10(5-7-15(20)21)4-6-12-16(22)14(9-19)13(8-18)11(2)17(12)23-3/h4,9,18,22H,5-8H2,1-3H3,(H,20,21)/b10-4+. The van der Waals surface area contributed by atoms with E-state index in [1.807, 2.05) is 6.92 Å². The van der Waals surface area contributed by atoms with Crippen LogP contribution in [0.5, 0.6) is 11.5 Å². The number of aliphatic hydroxyl groups is 1. The van der Waals surface area contributed by atoms with E-state index < -0.39 is 5.97 Å². The zero-order chi connectivity index (χ0) is 17.6. The van der Waals surface area contributed by atoms with Crippen LogP contribution in [-0.4, -0.2) is 34.7 Å². The highest BCUT2D eigenvalue weighted by Gasteiger charge is 2.21. The van der Waals surface area contributed by atoms with Gasteiger partial charge in [-0.15, -0.1) is 0 Å². The van der Waals surface area contributed by atoms with E-state index in [0.29, 0.717) is 41.6 Å². The fourth-order valence-electron chi connectivity index (χ4n) is 2.46. The molecule has 0 saturated heterocycles. The lowest BCUT2D eigenvalue weighted by atomic mass is 9.94. The lowest BCUT2D eigenvalue weighted by molar-refractivity contribution is -0.136. The maximum atomic E-state index is 11.2. The van der Waals surface area contributed by atoms with Gasteiger partial charge in [0.25, 0.3) is 0 Å². The van der Waals surface area contributed by atoms with Gasteiger partial charge in [-0.25, -0.2) is 0 Å². The number of hydrogen-bond acceptors (Lipinski definition) is 5. The summed E-state index contributed by atoms with van der Waals surface area (Å²) < 4.78 is 5.32. The number of carboxylic acids is 1. The van der Waals surface area contributed by atoms with E-state index in [1.165, 1.54) is 7.11 Å². The van der Waals surface area contributed by atoms with Gasteiger partial charge >= 0.3 is 5.97 Å². The van der Waals surface area contributed by atoms with Crippen molar-refractivity contribution in [3.63, 3.8) is 0 Å². The third-order valence-electron chi connectivity index (χ3n) is 3.80. The lowest BCUT2D eigenvalue weighted by Crippen LogP contribution is -2.05. The summed E-state index contributed by atoms with van der Waals surface area (Å²) in [5.41, 5.74) is 2.30. The number of aromatic hydroxyl groups is 1. The largest absolute Gasteiger partial charge is 0.507 e. The number of carbonyl (C=O) groups is 2. The summed E-state index contributed by atoms with van der Waals surface area (Å²) in [6.45, 7) is 3.14. The molecule has 1 aromatic carbocycles. The van der Waals surface area contributed by atoms with Crippen molar-refractivity contribution in [3.8, 4) is 11.5 Å². The highest BCUT2D eigenvalue weighted by Crippen LogP contribution is 2.38. The van der Waals surface area contributed by atoms with Gasteiger partial charge in [0.2, 0.25) is 0 Å². The SMILES string of the molecule is COc1c(C)c(CO)c(C=O)c(O)c1C/C=C(\C)CCC(=O)O. The van der Waals surface area contributed by atoms with Gasteiger partial charge in [-0.05, 0) is 37.8 Å². The number of phenolic OH excluding ortho intramolecular Hbond substituents is 1. The third-order valence-corrected chi connectivity index (χ3v) is 3.80. The van der Waals surface area contributed by atoms with E-state index >= 15 is 0 Å². The highest BCUT2D eigenvalue weighted by atomic mass is 16.5. The van der Waals surface area contributed by atoms with Gasteiger partial charge < -0.3 is 20.1 Å². The Balaban J connectivity index is 3.25. The van der Waals surface area contributed by atoms with Crippen LogP contribution < -0.4 is 4.74 Å². The molecule has 0 amide bonds. The minimum Gasteiger partial charge on any atom is -0.507 e. The van der Waals surface area contributed by atoms with E-state index in [2.05, 4.69) is 0 Å². The number of methoxy groups -OCH3 is 1. The van der Waals surface area contributed by atoms with Crippen LogP contribution in [0.2, 0.25) is 0 Å². The van der Waals surface area contributed by atoms with Crippen molar-refractivity contribution in [1.29, 1.82) is 0 Å². The first-order valence-corrected chi connectivity index (χ1v) is 7.22. The number of aliphatic hydroxyl groups excluding tert-OH is 1. The summed E-state index contributed by atoms with van der Waals surface area (Å²) in [6.07, 6.45) is 3.05. The summed E-state index contributed by atoms with van der Waals surface area (Å²) in [5.74, 6) is -0.669. The second-order valence-electron chi connectivity index (χ2n) is 5.30. The maximum Gasteiger partial charge on any atom is 0.303 e. The van der Waals surface area contributed by atoms with Crippen LogP contribution in [0, 0.1) is 6.92 Å². The van der Waals surface area contributed by atoms with E-state index in [1.54, 1.807) is 13.0 Å². The molecule has 1 rings (SSSR count). The first-order valence-electron chi connectivity index (χ1n) is 7.22. The van der Waals surface area contributed by atoms with Crippen molar-refractivity contribution in [1.82, 2.24) is 0 Å². The van der Waals surface area contributed by atoms with Gasteiger partial charge in [0.05, 0.1) is 19.3 Å². The highest BCUT2D eigenvalue weighted by molar-refractivity contribution is 5.84. The molecule has 3 N–H and O–H groups in total. The molecule has 0 bridgehead atoms. The third kappa shape index (κ3) is 4.32. The van der Waals surface area contributed by atoms with Crippen LogP contribution in [0.4, 0.5) is 0 Å². The van der Waals surface area contributed by atoms with Crippen molar-refractivity contribution < 1.29 is 29.6 Å². The van der Waals surface area contributed by atoms with Crippen LogP contribution in [0.3, 0.4) is 0 Å². The molecule has 0 aliphatic carbocycles. The first-order chi connectivity index (χ1) is 10.9. The Hall–Kier alpha value is -2.34. The average Bonchev–Trinajstić information content (AvgIpc) is 2.52. The quantitative estimate of drug-likeness (QED) is 0.501. The Morgan fingerprint density at radius 3 is 2.39 bits per heavy atom. The molecular formula is C17H22O6. The molecule has 126 valence electrons. The predicted molar refractivity (Wildman–Crippen MR) is 85.0 cm³/mol. The van der Waals surface area contributed by atoms with Crippen molar-refractivity contribution in [2.45, 2.75) is 39.7 Å². The van der Waals surface area contributed by atoms with Crippen molar-refractivity contribution >= 4 is 12.3 Å². The molecule has 0 aliphatic rings. The minimum atomic E-state index is -0.871. The number of ether oxygens (including phenoxy) is 1. The van der Waals surface area contributed by atoms with Crippen LogP contribution >= 0.6 is 0 Å². The van der Waals surface area contributed by atoms with Crippen LogP contribution in [0.15, 0.2) is 11.6 Å². The zero-order valence-corrected chi connectivity index (χ0v) is 13.5. The van der Waals surface area contributed by atoms with E-state index in [4.69, 9.17) is 9.84 Å². The van der Waals surface area contributed by atoms with E-state index in [0.717, 1.165) is 5.57 Å². The molecule has 23 heavy (non-hydrogen) atoms. The second kappa shape index (κ2) is 8.33. The monoisotopic (exact) mass is 322 g/mol. The number of aliphatic carboxylic acids is 1. The fraction of sp³-hybridized carbons (Fsp3) is 0.412. The number of phenols is 1. The predicted octanol–water partition coefficient (Wildman–Crippen LogP) is 2.37. The molecule has 0 atom stereocenters. The van der Waals surface area contributed by atoms with Gasteiger partial charge in [0, 0.05) is 12.0 Å². The number of carbonyl (C=O) groups excluding carboxylic acids is 1. The zero-order valence-electron chi connectivity index (χ0n) is 13.5. The van der Waals surface area contributed by atoms with Gasteiger partial charge in [0.15, 0.2) is 6.29 Å². The lowest BCUT2D eigenvalue weighted by Gasteiger charge is -2.18. The Bertz CT molecular complexity index is 631. The Morgan fingerprint density at radius 1 is 1.26 bits per heavy atom. The van der Waals surface area contributed by atoms with E-state index in [-0.39, 0.29) is 24.3 Å². The summed E-state index contributed by atoms with van der Waals surface area (Å²) in [7, 11) is 1.45. The summed E-state index contributed by atoms with van der Waals surface area (Å²) in [4.78, 5) is 21.8.